The Morgan fingerprint density at radius 1 is 1.20 bits per heavy atom. The Morgan fingerprint density at radius 2 is 1.80 bits per heavy atom. The van der Waals surface area contributed by atoms with E-state index in [2.05, 4.69) is 15.3 Å². The molecule has 0 unspecified atom stereocenters. The molecule has 1 aliphatic rings. The smallest absolute Gasteiger partial charge is 0.407 e. The number of Topliss-reactive ketones (excluding diaryl/α,β-unsaturated/α-hetero) is 1. The Hall–Kier alpha value is -1.69. The second kappa shape index (κ2) is 7.28. The summed E-state index contributed by atoms with van der Waals surface area (Å²) in [4.78, 5) is 32.7. The van der Waals surface area contributed by atoms with Crippen molar-refractivity contribution < 1.29 is 14.3 Å². The summed E-state index contributed by atoms with van der Waals surface area (Å²) in [5.74, 6) is 0.331. The molecule has 1 heterocycles. The van der Waals surface area contributed by atoms with Crippen LogP contribution in [0, 0.1) is 5.92 Å². The van der Waals surface area contributed by atoms with Crippen LogP contribution in [0.15, 0.2) is 12.4 Å². The molecule has 1 aromatic heterocycles. The van der Waals surface area contributed by atoms with Crippen LogP contribution in [0.5, 0.6) is 0 Å². The zero-order chi connectivity index (χ0) is 18.8. The highest BCUT2D eigenvalue weighted by Crippen LogP contribution is 2.35. The number of amides is 1. The van der Waals surface area contributed by atoms with E-state index < -0.39 is 17.1 Å². The van der Waals surface area contributed by atoms with Crippen molar-refractivity contribution >= 4 is 23.5 Å². The van der Waals surface area contributed by atoms with Gasteiger partial charge in [0.15, 0.2) is 5.15 Å². The molecule has 7 heteroatoms. The molecule has 0 saturated heterocycles. The average Bonchev–Trinajstić information content (AvgIpc) is 2.43. The maximum Gasteiger partial charge on any atom is 0.407 e. The summed E-state index contributed by atoms with van der Waals surface area (Å²) in [6, 6.07) is 0.0656. The summed E-state index contributed by atoms with van der Waals surface area (Å²) in [5.41, 5.74) is -0.789. The molecule has 0 radical (unpaired) electrons. The Bertz CT molecular complexity index is 649. The van der Waals surface area contributed by atoms with Crippen LogP contribution in [0.25, 0.3) is 0 Å². The lowest BCUT2D eigenvalue weighted by Gasteiger charge is -2.37. The first kappa shape index (κ1) is 19.6. The lowest BCUT2D eigenvalue weighted by Crippen LogP contribution is -2.47. The minimum absolute atomic E-state index is 0.0656. The monoisotopic (exact) mass is 367 g/mol. The van der Waals surface area contributed by atoms with Crippen molar-refractivity contribution in [1.82, 2.24) is 15.3 Å². The second-order valence-electron chi connectivity index (χ2n) is 8.13. The fourth-order valence-corrected chi connectivity index (χ4v) is 3.23. The van der Waals surface area contributed by atoms with E-state index in [9.17, 15) is 9.59 Å². The van der Waals surface area contributed by atoms with Gasteiger partial charge in [-0.25, -0.2) is 9.78 Å². The minimum Gasteiger partial charge on any atom is -0.444 e. The normalized spacial score (nSPS) is 20.6. The van der Waals surface area contributed by atoms with E-state index in [0.717, 1.165) is 12.8 Å². The molecule has 0 aliphatic heterocycles. The van der Waals surface area contributed by atoms with Gasteiger partial charge in [-0.1, -0.05) is 11.6 Å². The number of carbonyl (C=O) groups is 2. The molecule has 0 aromatic carbocycles. The van der Waals surface area contributed by atoms with Gasteiger partial charge >= 0.3 is 6.09 Å². The predicted octanol–water partition coefficient (Wildman–Crippen LogP) is 3.67. The molecule has 25 heavy (non-hydrogen) atoms. The number of halogens is 1. The van der Waals surface area contributed by atoms with Gasteiger partial charge < -0.3 is 10.1 Å². The zero-order valence-corrected chi connectivity index (χ0v) is 16.2. The van der Waals surface area contributed by atoms with Crippen LogP contribution in [-0.4, -0.2) is 33.5 Å². The number of ketones is 1. The molecule has 0 spiro atoms. The standard InChI is InChI=1S/C18H26ClN3O3/c1-17(2,3)25-16(24)22-12-8-11(9-12)10-13(23)18(4,5)14-15(19)21-7-6-20-14/h6-7,11-12H,8-10H2,1-5H3,(H,22,24). The minimum atomic E-state index is -0.783. The van der Waals surface area contributed by atoms with E-state index in [-0.39, 0.29) is 22.9 Å². The van der Waals surface area contributed by atoms with Gasteiger partial charge in [-0.2, -0.15) is 0 Å². The number of hydrogen-bond donors (Lipinski definition) is 1. The van der Waals surface area contributed by atoms with Gasteiger partial charge in [-0.05, 0) is 53.4 Å². The van der Waals surface area contributed by atoms with E-state index in [1.54, 1.807) is 6.20 Å². The number of aromatic nitrogens is 2. The summed E-state index contributed by atoms with van der Waals surface area (Å²) < 4.78 is 5.24. The van der Waals surface area contributed by atoms with Crippen molar-refractivity contribution in [3.8, 4) is 0 Å². The molecule has 1 aromatic rings. The highest BCUT2D eigenvalue weighted by molar-refractivity contribution is 6.30. The summed E-state index contributed by atoms with van der Waals surface area (Å²) in [7, 11) is 0. The van der Waals surface area contributed by atoms with Crippen LogP contribution in [0.3, 0.4) is 0 Å². The first-order chi connectivity index (χ1) is 11.5. The number of carbonyl (C=O) groups excluding carboxylic acids is 2. The SMILES string of the molecule is CC(C)(C)OC(=O)NC1CC(CC(=O)C(C)(C)c2nccnc2Cl)C1. The average molecular weight is 368 g/mol. The molecule has 0 bridgehead atoms. The maximum atomic E-state index is 12.7. The third kappa shape index (κ3) is 5.14. The number of alkyl carbamates (subject to hydrolysis) is 1. The van der Waals surface area contributed by atoms with Gasteiger partial charge in [0.2, 0.25) is 0 Å². The molecule has 0 atom stereocenters. The van der Waals surface area contributed by atoms with E-state index in [4.69, 9.17) is 16.3 Å². The summed E-state index contributed by atoms with van der Waals surface area (Å²) in [6.07, 6.45) is 4.62. The largest absolute Gasteiger partial charge is 0.444 e. The third-order valence-corrected chi connectivity index (χ3v) is 4.65. The maximum absolute atomic E-state index is 12.7. The summed E-state index contributed by atoms with van der Waals surface area (Å²) in [6.45, 7) is 9.12. The van der Waals surface area contributed by atoms with Crippen LogP contribution >= 0.6 is 11.6 Å². The molecule has 1 amide bonds. The number of ether oxygens (including phenoxy) is 1. The molecular formula is C18H26ClN3O3. The van der Waals surface area contributed by atoms with Crippen molar-refractivity contribution in [2.45, 2.75) is 70.9 Å². The lowest BCUT2D eigenvalue weighted by molar-refractivity contribution is -0.125. The molecule has 1 fully saturated rings. The molecule has 6 nitrogen and oxygen atoms in total. The fraction of sp³-hybridized carbons (Fsp3) is 0.667. The molecule has 1 saturated carbocycles. The lowest BCUT2D eigenvalue weighted by atomic mass is 9.72. The second-order valence-corrected chi connectivity index (χ2v) is 8.49. The highest BCUT2D eigenvalue weighted by Gasteiger charge is 2.39. The first-order valence-electron chi connectivity index (χ1n) is 8.49. The topological polar surface area (TPSA) is 81.2 Å². The number of hydrogen-bond acceptors (Lipinski definition) is 5. The number of nitrogens with zero attached hydrogens (tertiary/aromatic N) is 2. The van der Waals surface area contributed by atoms with Crippen molar-refractivity contribution in [3.05, 3.63) is 23.2 Å². The van der Waals surface area contributed by atoms with E-state index >= 15 is 0 Å². The Balaban J connectivity index is 1.84. The van der Waals surface area contributed by atoms with Crippen LogP contribution in [0.1, 0.15) is 59.6 Å². The fourth-order valence-electron chi connectivity index (χ4n) is 2.88. The Morgan fingerprint density at radius 3 is 2.36 bits per heavy atom. The molecule has 1 N–H and O–H groups in total. The third-order valence-electron chi connectivity index (χ3n) is 4.37. The summed E-state index contributed by atoms with van der Waals surface area (Å²) in [5, 5.41) is 3.10. The van der Waals surface area contributed by atoms with Gasteiger partial charge in [0.25, 0.3) is 0 Å². The van der Waals surface area contributed by atoms with E-state index in [1.165, 1.54) is 6.20 Å². The number of nitrogens with one attached hydrogen (secondary N) is 1. The molecular weight excluding hydrogens is 342 g/mol. The Labute approximate surface area is 153 Å². The quantitative estimate of drug-likeness (QED) is 0.858. The molecule has 2 rings (SSSR count). The van der Waals surface area contributed by atoms with Crippen molar-refractivity contribution in [2.24, 2.45) is 5.92 Å². The van der Waals surface area contributed by atoms with Gasteiger partial charge in [0, 0.05) is 24.9 Å². The zero-order valence-electron chi connectivity index (χ0n) is 15.4. The van der Waals surface area contributed by atoms with Crippen LogP contribution < -0.4 is 5.32 Å². The van der Waals surface area contributed by atoms with Crippen LogP contribution in [-0.2, 0) is 14.9 Å². The first-order valence-corrected chi connectivity index (χ1v) is 8.86. The van der Waals surface area contributed by atoms with Gasteiger partial charge in [0.1, 0.15) is 11.4 Å². The Kier molecular flexibility index (Phi) is 5.72. The van der Waals surface area contributed by atoms with E-state index in [1.807, 2.05) is 34.6 Å². The van der Waals surface area contributed by atoms with Crippen molar-refractivity contribution in [2.75, 3.05) is 0 Å². The van der Waals surface area contributed by atoms with Crippen molar-refractivity contribution in [3.63, 3.8) is 0 Å². The van der Waals surface area contributed by atoms with Crippen LogP contribution in [0.2, 0.25) is 5.15 Å². The van der Waals surface area contributed by atoms with Gasteiger partial charge in [-0.15, -0.1) is 0 Å². The van der Waals surface area contributed by atoms with Crippen molar-refractivity contribution in [1.29, 1.82) is 0 Å². The predicted molar refractivity (Wildman–Crippen MR) is 95.6 cm³/mol. The number of rotatable bonds is 5. The van der Waals surface area contributed by atoms with Crippen LogP contribution in [0.4, 0.5) is 4.79 Å². The van der Waals surface area contributed by atoms with E-state index in [0.29, 0.717) is 12.1 Å². The summed E-state index contributed by atoms with van der Waals surface area (Å²) >= 11 is 6.08. The molecule has 1 aliphatic carbocycles. The van der Waals surface area contributed by atoms with Gasteiger partial charge in [-0.3, -0.25) is 9.78 Å². The van der Waals surface area contributed by atoms with Gasteiger partial charge in [0.05, 0.1) is 11.1 Å². The molecule has 138 valence electrons. The highest BCUT2D eigenvalue weighted by atomic mass is 35.5.